The molecule has 0 aliphatic carbocycles. The van der Waals surface area contributed by atoms with Gasteiger partial charge in [0.15, 0.2) is 0 Å². The van der Waals surface area contributed by atoms with Crippen LogP contribution in [0.5, 0.6) is 0 Å². The molecule has 3 aromatic rings. The molecule has 5 heterocycles. The van der Waals surface area contributed by atoms with Crippen molar-refractivity contribution in [3.05, 3.63) is 65.1 Å². The van der Waals surface area contributed by atoms with Crippen molar-refractivity contribution < 1.29 is 4.74 Å². The van der Waals surface area contributed by atoms with E-state index in [0.29, 0.717) is 11.5 Å². The Morgan fingerprint density at radius 3 is 2.95 bits per heavy atom. The minimum atomic E-state index is 0.130. The lowest BCUT2D eigenvalue weighted by atomic mass is 9.70. The number of anilines is 1. The van der Waals surface area contributed by atoms with Crippen LogP contribution in [-0.2, 0) is 17.7 Å². The van der Waals surface area contributed by atoms with Crippen molar-refractivity contribution in [2.45, 2.75) is 58.3 Å². The van der Waals surface area contributed by atoms with Crippen LogP contribution in [-0.4, -0.2) is 66.3 Å². The number of fused-ring (bicyclic) bond motifs is 2. The lowest BCUT2D eigenvalue weighted by Gasteiger charge is -2.47. The minimum Gasteiger partial charge on any atom is -0.370 e. The SMILES string of the molecule is C[C@@H]1CN(c2ccc(C#N)c3ncccc23)C[C@H](CN2CCC(c3cnc4c(c3)CNCC4)C(C)(C)C2)O1. The van der Waals surface area contributed by atoms with Crippen LogP contribution in [0.2, 0.25) is 0 Å². The fourth-order valence-electron chi connectivity index (χ4n) is 6.95. The Labute approximate surface area is 225 Å². The third-order valence-electron chi connectivity index (χ3n) is 8.64. The molecule has 2 aromatic heterocycles. The van der Waals surface area contributed by atoms with Gasteiger partial charge in [-0.2, -0.15) is 5.26 Å². The monoisotopic (exact) mass is 510 g/mol. The largest absolute Gasteiger partial charge is 0.370 e. The van der Waals surface area contributed by atoms with Gasteiger partial charge in [0, 0.05) is 74.9 Å². The molecule has 7 heteroatoms. The first kappa shape index (κ1) is 25.2. The summed E-state index contributed by atoms with van der Waals surface area (Å²) in [6, 6.07) is 12.7. The van der Waals surface area contributed by atoms with E-state index in [1.54, 1.807) is 6.20 Å². The second-order valence-electron chi connectivity index (χ2n) is 12.0. The summed E-state index contributed by atoms with van der Waals surface area (Å²) in [7, 11) is 0. The Morgan fingerprint density at radius 1 is 1.21 bits per heavy atom. The van der Waals surface area contributed by atoms with Crippen LogP contribution in [0.1, 0.15) is 55.5 Å². The highest BCUT2D eigenvalue weighted by Crippen LogP contribution is 2.42. The van der Waals surface area contributed by atoms with Crippen molar-refractivity contribution in [3.8, 4) is 6.07 Å². The van der Waals surface area contributed by atoms with Crippen LogP contribution in [0.4, 0.5) is 5.69 Å². The maximum atomic E-state index is 9.55. The number of pyridine rings is 2. The molecule has 0 bridgehead atoms. The molecule has 3 atom stereocenters. The summed E-state index contributed by atoms with van der Waals surface area (Å²) in [5.74, 6) is 0.513. The van der Waals surface area contributed by atoms with E-state index in [1.165, 1.54) is 16.8 Å². The van der Waals surface area contributed by atoms with Crippen molar-refractivity contribution in [1.29, 1.82) is 5.26 Å². The molecule has 38 heavy (non-hydrogen) atoms. The molecule has 1 aromatic carbocycles. The number of likely N-dealkylation sites (tertiary alicyclic amines) is 1. The summed E-state index contributed by atoms with van der Waals surface area (Å²) in [5.41, 5.74) is 6.74. The standard InChI is InChI=1S/C31H38N6O/c1-21-17-37(29-7-6-22(14-32)30-26(29)5-4-10-34-30)19-25(38-21)18-36-12-9-27(31(2,3)20-36)23-13-24-15-33-11-8-28(24)35-16-23/h4-7,10,13,16,21,25,27,33H,8-9,11-12,15,17-20H2,1-3H3/t21-,25+,27?/m1/s1. The van der Waals surface area contributed by atoms with Gasteiger partial charge in [-0.3, -0.25) is 9.97 Å². The number of nitriles is 1. The van der Waals surface area contributed by atoms with Gasteiger partial charge >= 0.3 is 0 Å². The van der Waals surface area contributed by atoms with E-state index in [2.05, 4.69) is 71.3 Å². The van der Waals surface area contributed by atoms with Crippen LogP contribution in [0, 0.1) is 16.7 Å². The maximum Gasteiger partial charge on any atom is 0.101 e. The molecule has 0 amide bonds. The Balaban J connectivity index is 1.16. The average Bonchev–Trinajstić information content (AvgIpc) is 2.91. The van der Waals surface area contributed by atoms with E-state index in [-0.39, 0.29) is 17.6 Å². The van der Waals surface area contributed by atoms with Gasteiger partial charge in [0.1, 0.15) is 6.07 Å². The van der Waals surface area contributed by atoms with Gasteiger partial charge in [-0.25, -0.2) is 0 Å². The maximum absolute atomic E-state index is 9.55. The molecular formula is C31H38N6O. The zero-order valence-electron chi connectivity index (χ0n) is 22.8. The summed E-state index contributed by atoms with van der Waals surface area (Å²) in [5, 5.41) is 14.1. The third-order valence-corrected chi connectivity index (χ3v) is 8.64. The number of hydrogen-bond acceptors (Lipinski definition) is 7. The highest BCUT2D eigenvalue weighted by molar-refractivity contribution is 5.95. The first-order valence-corrected chi connectivity index (χ1v) is 14.0. The van der Waals surface area contributed by atoms with Crippen molar-refractivity contribution in [1.82, 2.24) is 20.2 Å². The fourth-order valence-corrected chi connectivity index (χ4v) is 6.95. The summed E-state index contributed by atoms with van der Waals surface area (Å²) >= 11 is 0. The van der Waals surface area contributed by atoms with Crippen molar-refractivity contribution >= 4 is 16.6 Å². The van der Waals surface area contributed by atoms with Gasteiger partial charge in [-0.05, 0) is 66.6 Å². The molecule has 2 saturated heterocycles. The summed E-state index contributed by atoms with van der Waals surface area (Å²) in [6.07, 6.45) is 6.34. The molecule has 6 rings (SSSR count). The molecular weight excluding hydrogens is 472 g/mol. The number of ether oxygens (including phenoxy) is 1. The Kier molecular flexibility index (Phi) is 6.81. The molecule has 0 radical (unpaired) electrons. The normalized spacial score (nSPS) is 25.6. The average molecular weight is 511 g/mol. The number of nitrogens with one attached hydrogen (secondary N) is 1. The number of piperidine rings is 1. The Hall–Kier alpha value is -3.05. The van der Waals surface area contributed by atoms with E-state index >= 15 is 0 Å². The van der Waals surface area contributed by atoms with E-state index in [4.69, 9.17) is 9.72 Å². The molecule has 1 unspecified atom stereocenters. The molecule has 1 N–H and O–H groups in total. The molecule has 0 spiro atoms. The first-order valence-electron chi connectivity index (χ1n) is 14.0. The number of aromatic nitrogens is 2. The zero-order valence-corrected chi connectivity index (χ0v) is 22.8. The topological polar surface area (TPSA) is 77.3 Å². The number of benzene rings is 1. The van der Waals surface area contributed by atoms with Gasteiger partial charge < -0.3 is 19.9 Å². The van der Waals surface area contributed by atoms with E-state index in [0.717, 1.165) is 75.2 Å². The molecule has 198 valence electrons. The van der Waals surface area contributed by atoms with Gasteiger partial charge in [0.05, 0.1) is 23.3 Å². The quantitative estimate of drug-likeness (QED) is 0.562. The summed E-state index contributed by atoms with van der Waals surface area (Å²) < 4.78 is 6.47. The molecule has 0 saturated carbocycles. The minimum absolute atomic E-state index is 0.130. The summed E-state index contributed by atoms with van der Waals surface area (Å²) in [6.45, 7) is 13.7. The highest BCUT2D eigenvalue weighted by Gasteiger charge is 2.39. The third kappa shape index (κ3) is 4.89. The number of rotatable bonds is 4. The van der Waals surface area contributed by atoms with Gasteiger partial charge in [-0.15, -0.1) is 0 Å². The van der Waals surface area contributed by atoms with Crippen molar-refractivity contribution in [2.75, 3.05) is 44.2 Å². The smallest absolute Gasteiger partial charge is 0.101 e. The lowest BCUT2D eigenvalue weighted by Crippen LogP contribution is -2.53. The predicted molar refractivity (Wildman–Crippen MR) is 150 cm³/mol. The van der Waals surface area contributed by atoms with E-state index < -0.39 is 0 Å². The molecule has 2 fully saturated rings. The molecule has 3 aliphatic heterocycles. The second kappa shape index (κ2) is 10.3. The Bertz CT molecular complexity index is 1360. The second-order valence-corrected chi connectivity index (χ2v) is 12.0. The van der Waals surface area contributed by atoms with E-state index in [9.17, 15) is 5.26 Å². The van der Waals surface area contributed by atoms with Crippen molar-refractivity contribution in [3.63, 3.8) is 0 Å². The summed E-state index contributed by atoms with van der Waals surface area (Å²) in [4.78, 5) is 14.4. The van der Waals surface area contributed by atoms with Crippen molar-refractivity contribution in [2.24, 2.45) is 5.41 Å². The number of morpholine rings is 1. The molecule has 7 nitrogen and oxygen atoms in total. The van der Waals surface area contributed by atoms with Crippen LogP contribution in [0.25, 0.3) is 10.9 Å². The Morgan fingerprint density at radius 2 is 2.11 bits per heavy atom. The van der Waals surface area contributed by atoms with Crippen LogP contribution in [0.15, 0.2) is 42.7 Å². The fraction of sp³-hybridized carbons (Fsp3) is 0.516. The van der Waals surface area contributed by atoms with Gasteiger partial charge in [0.2, 0.25) is 0 Å². The number of nitrogens with zero attached hydrogens (tertiary/aromatic N) is 5. The van der Waals surface area contributed by atoms with E-state index in [1.807, 2.05) is 12.1 Å². The first-order chi connectivity index (χ1) is 18.4. The van der Waals surface area contributed by atoms with Crippen LogP contribution in [0.3, 0.4) is 0 Å². The zero-order chi connectivity index (χ0) is 26.3. The highest BCUT2D eigenvalue weighted by atomic mass is 16.5. The number of hydrogen-bond donors (Lipinski definition) is 1. The van der Waals surface area contributed by atoms with Crippen LogP contribution < -0.4 is 10.2 Å². The van der Waals surface area contributed by atoms with Crippen LogP contribution >= 0.6 is 0 Å². The molecule has 3 aliphatic rings. The van der Waals surface area contributed by atoms with Gasteiger partial charge in [0.25, 0.3) is 0 Å². The van der Waals surface area contributed by atoms with Gasteiger partial charge in [-0.1, -0.05) is 19.9 Å². The predicted octanol–water partition coefficient (Wildman–Crippen LogP) is 4.26. The lowest BCUT2D eigenvalue weighted by molar-refractivity contribution is -0.0435.